The number of benzene rings is 3. The Labute approximate surface area is 175 Å². The molecule has 0 unspecified atom stereocenters. The van der Waals surface area contributed by atoms with E-state index < -0.39 is 0 Å². The van der Waals surface area contributed by atoms with Crippen molar-refractivity contribution in [2.45, 2.75) is 24.3 Å². The molecule has 29 heavy (non-hydrogen) atoms. The van der Waals surface area contributed by atoms with Gasteiger partial charge in [0, 0.05) is 12.2 Å². The Hall–Kier alpha value is -3.05. The fourth-order valence-electron chi connectivity index (χ4n) is 3.25. The molecule has 146 valence electrons. The molecule has 4 rings (SSSR count). The monoisotopic (exact) mass is 401 g/mol. The van der Waals surface area contributed by atoms with Gasteiger partial charge in [0.2, 0.25) is 0 Å². The van der Waals surface area contributed by atoms with Crippen LogP contribution in [0.2, 0.25) is 0 Å². The Kier molecular flexibility index (Phi) is 5.96. The highest BCUT2D eigenvalue weighted by Crippen LogP contribution is 2.28. The van der Waals surface area contributed by atoms with E-state index in [9.17, 15) is 0 Å². The van der Waals surface area contributed by atoms with Gasteiger partial charge in [-0.3, -0.25) is 4.57 Å². The number of aryl methyl sites for hydroxylation is 1. The van der Waals surface area contributed by atoms with E-state index in [1.807, 2.05) is 18.2 Å². The third-order valence-electron chi connectivity index (χ3n) is 4.76. The molecule has 1 aromatic heterocycles. The second kappa shape index (κ2) is 8.97. The van der Waals surface area contributed by atoms with Crippen LogP contribution in [0.1, 0.15) is 22.5 Å². The van der Waals surface area contributed by atoms with E-state index >= 15 is 0 Å². The maximum Gasteiger partial charge on any atom is 0.196 e. The standard InChI is InChI=1S/C24H23N3OS/c1-18-9-6-7-14-22(18)27-23(16-19-10-4-3-5-11-19)25-26-24(27)29-17-20-12-8-13-21(15-20)28-2/h3-15H,16-17H2,1-2H3. The molecule has 0 aliphatic heterocycles. The third-order valence-corrected chi connectivity index (χ3v) is 5.76. The van der Waals surface area contributed by atoms with Crippen molar-refractivity contribution in [3.8, 4) is 11.4 Å². The van der Waals surface area contributed by atoms with Crippen LogP contribution in [0.5, 0.6) is 5.75 Å². The molecule has 0 N–H and O–H groups in total. The summed E-state index contributed by atoms with van der Waals surface area (Å²) < 4.78 is 7.53. The van der Waals surface area contributed by atoms with Gasteiger partial charge in [-0.15, -0.1) is 10.2 Å². The first-order valence-electron chi connectivity index (χ1n) is 9.54. The lowest BCUT2D eigenvalue weighted by molar-refractivity contribution is 0.414. The molecule has 0 radical (unpaired) electrons. The topological polar surface area (TPSA) is 39.9 Å². The summed E-state index contributed by atoms with van der Waals surface area (Å²) in [4.78, 5) is 0. The summed E-state index contributed by atoms with van der Waals surface area (Å²) >= 11 is 1.69. The number of ether oxygens (including phenoxy) is 1. The van der Waals surface area contributed by atoms with E-state index in [4.69, 9.17) is 4.74 Å². The average molecular weight is 402 g/mol. The summed E-state index contributed by atoms with van der Waals surface area (Å²) in [5.74, 6) is 2.61. The van der Waals surface area contributed by atoms with Gasteiger partial charge in [0.15, 0.2) is 5.16 Å². The second-order valence-corrected chi connectivity index (χ2v) is 7.77. The first-order valence-corrected chi connectivity index (χ1v) is 10.5. The van der Waals surface area contributed by atoms with Gasteiger partial charge >= 0.3 is 0 Å². The van der Waals surface area contributed by atoms with Crippen molar-refractivity contribution in [3.05, 3.63) is 101 Å². The minimum atomic E-state index is 0.738. The lowest BCUT2D eigenvalue weighted by atomic mass is 10.1. The van der Waals surface area contributed by atoms with E-state index in [1.165, 1.54) is 16.7 Å². The highest BCUT2D eigenvalue weighted by atomic mass is 32.2. The van der Waals surface area contributed by atoms with Gasteiger partial charge in [0.25, 0.3) is 0 Å². The number of para-hydroxylation sites is 1. The van der Waals surface area contributed by atoms with Crippen LogP contribution in [0.25, 0.3) is 5.69 Å². The first kappa shape index (κ1) is 19.3. The fourth-order valence-corrected chi connectivity index (χ4v) is 4.16. The van der Waals surface area contributed by atoms with Crippen molar-refractivity contribution < 1.29 is 4.74 Å². The molecule has 0 bridgehead atoms. The Balaban J connectivity index is 1.67. The quantitative estimate of drug-likeness (QED) is 0.385. The van der Waals surface area contributed by atoms with Gasteiger partial charge in [-0.1, -0.05) is 72.4 Å². The summed E-state index contributed by atoms with van der Waals surface area (Å²) in [6, 6.07) is 26.9. The first-order chi connectivity index (χ1) is 14.2. The normalized spacial score (nSPS) is 10.8. The molecule has 0 saturated heterocycles. The van der Waals surface area contributed by atoms with Gasteiger partial charge in [0.1, 0.15) is 11.6 Å². The third kappa shape index (κ3) is 4.51. The van der Waals surface area contributed by atoms with E-state index in [1.54, 1.807) is 18.9 Å². The van der Waals surface area contributed by atoms with E-state index in [0.29, 0.717) is 0 Å². The number of hydrogen-bond acceptors (Lipinski definition) is 4. The van der Waals surface area contributed by atoms with E-state index in [2.05, 4.69) is 82.4 Å². The largest absolute Gasteiger partial charge is 0.497 e. The number of methoxy groups -OCH3 is 1. The highest BCUT2D eigenvalue weighted by molar-refractivity contribution is 7.98. The zero-order valence-corrected chi connectivity index (χ0v) is 17.4. The lowest BCUT2D eigenvalue weighted by Gasteiger charge is -2.13. The summed E-state index contributed by atoms with van der Waals surface area (Å²) in [5.41, 5.74) is 4.73. The molecule has 0 saturated carbocycles. The molecule has 5 heteroatoms. The summed E-state index contributed by atoms with van der Waals surface area (Å²) in [5, 5.41) is 9.97. The number of hydrogen-bond donors (Lipinski definition) is 0. The molecule has 4 aromatic rings. The molecule has 0 fully saturated rings. The molecule has 0 aliphatic rings. The van der Waals surface area contributed by atoms with Crippen LogP contribution in [-0.4, -0.2) is 21.9 Å². The lowest BCUT2D eigenvalue weighted by Crippen LogP contribution is -2.05. The predicted octanol–water partition coefficient (Wildman–Crippen LogP) is 5.47. The van der Waals surface area contributed by atoms with Crippen molar-refractivity contribution in [1.82, 2.24) is 14.8 Å². The zero-order valence-electron chi connectivity index (χ0n) is 16.6. The number of aromatic nitrogens is 3. The van der Waals surface area contributed by atoms with E-state index in [-0.39, 0.29) is 0 Å². The highest BCUT2D eigenvalue weighted by Gasteiger charge is 2.16. The van der Waals surface area contributed by atoms with Crippen molar-refractivity contribution in [2.75, 3.05) is 7.11 Å². The SMILES string of the molecule is COc1cccc(CSc2nnc(Cc3ccccc3)n2-c2ccccc2C)c1. The van der Waals surface area contributed by atoms with Crippen molar-refractivity contribution in [3.63, 3.8) is 0 Å². The molecular formula is C24H23N3OS. The molecule has 3 aromatic carbocycles. The fraction of sp³-hybridized carbons (Fsp3) is 0.167. The number of rotatable bonds is 7. The molecule has 0 atom stereocenters. The van der Waals surface area contributed by atoms with Crippen molar-refractivity contribution in [2.24, 2.45) is 0 Å². The van der Waals surface area contributed by atoms with Crippen molar-refractivity contribution >= 4 is 11.8 Å². The van der Waals surface area contributed by atoms with Crippen LogP contribution in [0, 0.1) is 6.92 Å². The van der Waals surface area contributed by atoms with Gasteiger partial charge in [0.05, 0.1) is 12.8 Å². The van der Waals surface area contributed by atoms with Crippen LogP contribution < -0.4 is 4.74 Å². The minimum absolute atomic E-state index is 0.738. The molecule has 0 spiro atoms. The van der Waals surface area contributed by atoms with Crippen LogP contribution in [-0.2, 0) is 12.2 Å². The maximum atomic E-state index is 5.34. The molecule has 1 heterocycles. The number of nitrogens with zero attached hydrogens (tertiary/aromatic N) is 3. The van der Waals surface area contributed by atoms with Crippen LogP contribution in [0.3, 0.4) is 0 Å². The van der Waals surface area contributed by atoms with Crippen LogP contribution >= 0.6 is 11.8 Å². The van der Waals surface area contributed by atoms with Crippen molar-refractivity contribution in [1.29, 1.82) is 0 Å². The molecular weight excluding hydrogens is 378 g/mol. The van der Waals surface area contributed by atoms with E-state index in [0.717, 1.165) is 34.6 Å². The smallest absolute Gasteiger partial charge is 0.196 e. The average Bonchev–Trinajstić information content (AvgIpc) is 3.15. The molecule has 0 aliphatic carbocycles. The Morgan fingerprint density at radius 3 is 2.41 bits per heavy atom. The summed E-state index contributed by atoms with van der Waals surface area (Å²) in [6.45, 7) is 2.12. The summed E-state index contributed by atoms with van der Waals surface area (Å²) in [6.07, 6.45) is 0.738. The zero-order chi connectivity index (χ0) is 20.1. The van der Waals surface area contributed by atoms with Gasteiger partial charge < -0.3 is 4.74 Å². The van der Waals surface area contributed by atoms with Gasteiger partial charge in [-0.25, -0.2) is 0 Å². The summed E-state index contributed by atoms with van der Waals surface area (Å²) in [7, 11) is 1.69. The Bertz CT molecular complexity index is 1090. The molecule has 0 amide bonds. The van der Waals surface area contributed by atoms with Crippen LogP contribution in [0.4, 0.5) is 0 Å². The Morgan fingerprint density at radius 1 is 0.862 bits per heavy atom. The van der Waals surface area contributed by atoms with Gasteiger partial charge in [-0.05, 0) is 41.8 Å². The second-order valence-electron chi connectivity index (χ2n) is 6.82. The minimum Gasteiger partial charge on any atom is -0.497 e. The Morgan fingerprint density at radius 2 is 1.62 bits per heavy atom. The molecule has 4 nitrogen and oxygen atoms in total. The van der Waals surface area contributed by atoms with Gasteiger partial charge in [-0.2, -0.15) is 0 Å². The predicted molar refractivity (Wildman–Crippen MR) is 118 cm³/mol. The number of thioether (sulfide) groups is 1. The van der Waals surface area contributed by atoms with Crippen LogP contribution in [0.15, 0.2) is 84.0 Å². The maximum absolute atomic E-state index is 5.34.